The average Bonchev–Trinajstić information content (AvgIpc) is 3.40. The lowest BCUT2D eigenvalue weighted by molar-refractivity contribution is -0.131. The summed E-state index contributed by atoms with van der Waals surface area (Å²) in [5.74, 6) is 1.21. The predicted octanol–water partition coefficient (Wildman–Crippen LogP) is 6.48. The molecule has 1 N–H and O–H groups in total. The van der Waals surface area contributed by atoms with Crippen LogP contribution >= 0.6 is 11.8 Å². The van der Waals surface area contributed by atoms with Crippen molar-refractivity contribution in [3.8, 4) is 34.5 Å². The van der Waals surface area contributed by atoms with Gasteiger partial charge in [-0.25, -0.2) is 4.79 Å². The third-order valence-electron chi connectivity index (χ3n) is 6.11. The van der Waals surface area contributed by atoms with Crippen molar-refractivity contribution in [3.63, 3.8) is 0 Å². The molecule has 208 valence electrons. The molecule has 0 aliphatic heterocycles. The standard InChI is InChI=1S/C30H30N2O7S/c1-17-9-18(2)24(19(3)10-17)16-38-25-8-7-20(11-26(25)37-6)12-27(29(33)34)40-30-32-31-28(39-30)21-13-22(35-4)15-23(14-21)36-5/h7-15H,16H2,1-6H3,(H,33,34)/b27-12-. The summed E-state index contributed by atoms with van der Waals surface area (Å²) >= 11 is 0.843. The number of aryl methyl sites for hydroxylation is 3. The molecular weight excluding hydrogens is 532 g/mol. The van der Waals surface area contributed by atoms with Gasteiger partial charge in [0.25, 0.3) is 5.22 Å². The van der Waals surface area contributed by atoms with Crippen LogP contribution < -0.4 is 18.9 Å². The topological polar surface area (TPSA) is 113 Å². The van der Waals surface area contributed by atoms with E-state index in [2.05, 4.69) is 43.1 Å². The fourth-order valence-electron chi connectivity index (χ4n) is 4.16. The lowest BCUT2D eigenvalue weighted by atomic mass is 10.0. The number of nitrogens with zero attached hydrogens (tertiary/aromatic N) is 2. The van der Waals surface area contributed by atoms with Crippen molar-refractivity contribution in [2.24, 2.45) is 0 Å². The number of aliphatic carboxylic acids is 1. The summed E-state index contributed by atoms with van der Waals surface area (Å²) < 4.78 is 27.9. The molecule has 0 saturated carbocycles. The van der Waals surface area contributed by atoms with Gasteiger partial charge in [-0.3, -0.25) is 0 Å². The number of carbonyl (C=O) groups is 1. The summed E-state index contributed by atoms with van der Waals surface area (Å²) in [5.41, 5.74) is 5.83. The Kier molecular flexibility index (Phi) is 9.00. The molecule has 40 heavy (non-hydrogen) atoms. The maximum absolute atomic E-state index is 12.1. The quantitative estimate of drug-likeness (QED) is 0.161. The summed E-state index contributed by atoms with van der Waals surface area (Å²) in [6, 6.07) is 14.6. The van der Waals surface area contributed by atoms with Crippen molar-refractivity contribution in [2.45, 2.75) is 32.6 Å². The first-order chi connectivity index (χ1) is 19.2. The number of benzene rings is 3. The van der Waals surface area contributed by atoms with Gasteiger partial charge >= 0.3 is 5.97 Å². The summed E-state index contributed by atoms with van der Waals surface area (Å²) in [5, 5.41) is 18.0. The SMILES string of the molecule is COc1cc(OC)cc(-c2nnc(S/C(=C\c3ccc(OCc4c(C)cc(C)cc4C)c(OC)c3)C(=O)O)o2)c1. The Hall–Kier alpha value is -4.44. The molecule has 9 nitrogen and oxygen atoms in total. The Bertz CT molecular complexity index is 1520. The number of ether oxygens (including phenoxy) is 4. The number of carboxylic acids is 1. The van der Waals surface area contributed by atoms with Gasteiger partial charge in [0.2, 0.25) is 5.89 Å². The van der Waals surface area contributed by atoms with Gasteiger partial charge < -0.3 is 28.5 Å². The van der Waals surface area contributed by atoms with Gasteiger partial charge in [0.1, 0.15) is 23.0 Å². The highest BCUT2D eigenvalue weighted by Crippen LogP contribution is 2.35. The molecule has 0 amide bonds. The molecule has 0 aliphatic rings. The number of thioether (sulfide) groups is 1. The van der Waals surface area contributed by atoms with Crippen molar-refractivity contribution in [2.75, 3.05) is 21.3 Å². The van der Waals surface area contributed by atoms with Gasteiger partial charge in [0.05, 0.1) is 21.3 Å². The number of hydrogen-bond donors (Lipinski definition) is 1. The van der Waals surface area contributed by atoms with Crippen LogP contribution in [-0.4, -0.2) is 42.6 Å². The van der Waals surface area contributed by atoms with E-state index >= 15 is 0 Å². The second-order valence-corrected chi connectivity index (χ2v) is 9.96. The molecule has 4 aromatic rings. The molecule has 1 aromatic heterocycles. The highest BCUT2D eigenvalue weighted by Gasteiger charge is 2.18. The number of carboxylic acid groups (broad SMARTS) is 1. The van der Waals surface area contributed by atoms with E-state index in [1.807, 2.05) is 0 Å². The molecule has 0 radical (unpaired) electrons. The average molecular weight is 563 g/mol. The number of hydrogen-bond acceptors (Lipinski definition) is 9. The van der Waals surface area contributed by atoms with Crippen LogP contribution in [-0.2, 0) is 11.4 Å². The van der Waals surface area contributed by atoms with Crippen LogP contribution in [0.15, 0.2) is 63.1 Å². The van der Waals surface area contributed by atoms with Gasteiger partial charge in [0.15, 0.2) is 11.5 Å². The second kappa shape index (κ2) is 12.6. The molecule has 3 aromatic carbocycles. The molecule has 0 atom stereocenters. The van der Waals surface area contributed by atoms with Crippen LogP contribution in [0.25, 0.3) is 17.5 Å². The van der Waals surface area contributed by atoms with Gasteiger partial charge in [-0.2, -0.15) is 0 Å². The summed E-state index contributed by atoms with van der Waals surface area (Å²) in [6.45, 7) is 6.58. The van der Waals surface area contributed by atoms with Gasteiger partial charge in [-0.1, -0.05) is 23.8 Å². The first-order valence-electron chi connectivity index (χ1n) is 12.3. The van der Waals surface area contributed by atoms with Crippen LogP contribution in [0, 0.1) is 20.8 Å². The number of aromatic nitrogens is 2. The molecule has 10 heteroatoms. The van der Waals surface area contributed by atoms with Gasteiger partial charge in [-0.05, 0) is 85.1 Å². The van der Waals surface area contributed by atoms with Crippen molar-refractivity contribution >= 4 is 23.8 Å². The largest absolute Gasteiger partial charge is 0.497 e. The minimum absolute atomic E-state index is 0.0138. The Balaban J connectivity index is 1.54. The van der Waals surface area contributed by atoms with E-state index in [1.165, 1.54) is 25.9 Å². The molecule has 0 spiro atoms. The Morgan fingerprint density at radius 2 is 1.57 bits per heavy atom. The number of rotatable bonds is 11. The second-order valence-electron chi connectivity index (χ2n) is 8.97. The molecule has 0 bridgehead atoms. The molecule has 0 saturated heterocycles. The maximum atomic E-state index is 12.1. The van der Waals surface area contributed by atoms with Crippen LogP contribution in [0.4, 0.5) is 0 Å². The van der Waals surface area contributed by atoms with E-state index in [1.54, 1.807) is 43.5 Å². The van der Waals surface area contributed by atoms with Crippen molar-refractivity contribution < 1.29 is 33.3 Å². The van der Waals surface area contributed by atoms with E-state index in [-0.39, 0.29) is 16.0 Å². The van der Waals surface area contributed by atoms with Crippen LogP contribution in [0.1, 0.15) is 27.8 Å². The molecular formula is C30H30N2O7S. The van der Waals surface area contributed by atoms with Crippen LogP contribution in [0.2, 0.25) is 0 Å². The van der Waals surface area contributed by atoms with E-state index in [0.717, 1.165) is 28.5 Å². The number of methoxy groups -OCH3 is 3. The molecule has 0 unspecified atom stereocenters. The highest BCUT2D eigenvalue weighted by atomic mass is 32.2. The lowest BCUT2D eigenvalue weighted by Crippen LogP contribution is -2.03. The van der Waals surface area contributed by atoms with Crippen LogP contribution in [0.5, 0.6) is 23.0 Å². The van der Waals surface area contributed by atoms with E-state index < -0.39 is 5.97 Å². The highest BCUT2D eigenvalue weighted by molar-refractivity contribution is 8.03. The van der Waals surface area contributed by atoms with Crippen LogP contribution in [0.3, 0.4) is 0 Å². The molecule has 0 fully saturated rings. The van der Waals surface area contributed by atoms with E-state index in [0.29, 0.717) is 40.7 Å². The Morgan fingerprint density at radius 1 is 0.900 bits per heavy atom. The maximum Gasteiger partial charge on any atom is 0.342 e. The van der Waals surface area contributed by atoms with Gasteiger partial charge in [-0.15, -0.1) is 10.2 Å². The smallest absolute Gasteiger partial charge is 0.342 e. The monoisotopic (exact) mass is 562 g/mol. The zero-order chi connectivity index (χ0) is 28.8. The summed E-state index contributed by atoms with van der Waals surface area (Å²) in [7, 11) is 4.62. The fraction of sp³-hybridized carbons (Fsp3) is 0.233. The minimum atomic E-state index is -1.14. The molecule has 0 aliphatic carbocycles. The molecule has 4 rings (SSSR count). The summed E-state index contributed by atoms with van der Waals surface area (Å²) in [6.07, 6.45) is 1.51. The fourth-order valence-corrected chi connectivity index (χ4v) is 4.83. The first kappa shape index (κ1) is 28.6. The predicted molar refractivity (Wildman–Crippen MR) is 152 cm³/mol. The Labute approximate surface area is 236 Å². The van der Waals surface area contributed by atoms with Crippen molar-refractivity contribution in [3.05, 3.63) is 81.3 Å². The van der Waals surface area contributed by atoms with Gasteiger partial charge in [0, 0.05) is 11.6 Å². The zero-order valence-corrected chi connectivity index (χ0v) is 23.9. The first-order valence-corrected chi connectivity index (χ1v) is 13.1. The minimum Gasteiger partial charge on any atom is -0.497 e. The normalized spacial score (nSPS) is 11.3. The van der Waals surface area contributed by atoms with E-state index in [4.69, 9.17) is 23.4 Å². The summed E-state index contributed by atoms with van der Waals surface area (Å²) in [4.78, 5) is 12.0. The zero-order valence-electron chi connectivity index (χ0n) is 23.1. The van der Waals surface area contributed by atoms with E-state index in [9.17, 15) is 9.90 Å². The lowest BCUT2D eigenvalue weighted by Gasteiger charge is -2.15. The van der Waals surface area contributed by atoms with Crippen molar-refractivity contribution in [1.29, 1.82) is 0 Å². The van der Waals surface area contributed by atoms with Crippen molar-refractivity contribution in [1.82, 2.24) is 10.2 Å². The molecule has 1 heterocycles. The third-order valence-corrected chi connectivity index (χ3v) is 6.96. The third kappa shape index (κ3) is 6.76. The Morgan fingerprint density at radius 3 is 2.17 bits per heavy atom.